The molecule has 5 fully saturated rings. The number of carbonyl (C=O) groups is 1. The molecule has 1 spiro atoms. The minimum atomic E-state index is -0.0889. The van der Waals surface area contributed by atoms with Crippen LogP contribution in [0.4, 0.5) is 0 Å². The molecule has 1 saturated heterocycles. The molecule has 5 aliphatic carbocycles. The van der Waals surface area contributed by atoms with Crippen LogP contribution in [0.2, 0.25) is 0 Å². The van der Waals surface area contributed by atoms with E-state index >= 15 is 0 Å². The Morgan fingerprint density at radius 3 is 2.75 bits per heavy atom. The predicted molar refractivity (Wildman–Crippen MR) is 110 cm³/mol. The summed E-state index contributed by atoms with van der Waals surface area (Å²) in [5.41, 5.74) is 3.29. The van der Waals surface area contributed by atoms with E-state index in [9.17, 15) is 4.79 Å². The highest BCUT2D eigenvalue weighted by molar-refractivity contribution is 5.73. The molecule has 6 rings (SSSR count). The topological polar surface area (TPSA) is 26.3 Å². The second kappa shape index (κ2) is 5.76. The predicted octanol–water partition coefficient (Wildman–Crippen LogP) is 6.07. The molecule has 6 aliphatic rings. The van der Waals surface area contributed by atoms with Crippen molar-refractivity contribution in [3.05, 3.63) is 23.8 Å². The fourth-order valence-electron chi connectivity index (χ4n) is 9.67. The minimum absolute atomic E-state index is 0.0889. The second-order valence-electron chi connectivity index (χ2n) is 11.1. The first-order valence-corrected chi connectivity index (χ1v) is 12.1. The largest absolute Gasteiger partial charge is 0.458 e. The van der Waals surface area contributed by atoms with Crippen LogP contribution in [0.25, 0.3) is 0 Å². The number of ether oxygens (including phenoxy) is 1. The quantitative estimate of drug-likeness (QED) is 0.543. The summed E-state index contributed by atoms with van der Waals surface area (Å²) in [6.07, 6.45) is 14.5. The Kier molecular flexibility index (Phi) is 3.66. The monoisotopic (exact) mass is 380 g/mol. The number of carbonyl (C=O) groups excluding carboxylic acids is 1. The van der Waals surface area contributed by atoms with Gasteiger partial charge in [-0.1, -0.05) is 44.1 Å². The highest BCUT2D eigenvalue weighted by Crippen LogP contribution is 2.80. The van der Waals surface area contributed by atoms with Gasteiger partial charge < -0.3 is 4.74 Å². The molecule has 0 radical (unpaired) electrons. The molecule has 0 bridgehead atoms. The van der Waals surface area contributed by atoms with Crippen molar-refractivity contribution in [3.8, 4) is 0 Å². The lowest BCUT2D eigenvalue weighted by molar-refractivity contribution is -0.182. The van der Waals surface area contributed by atoms with E-state index in [0.29, 0.717) is 12.3 Å². The van der Waals surface area contributed by atoms with Crippen molar-refractivity contribution in [1.82, 2.24) is 0 Å². The standard InChI is InChI=1S/C26H36O2/c1-4-16-13-17-12-15(3)6-7-18(17)19-8-10-25(5-2)24(23(16)19)20-14-21(20)26(25)11-9-22(27)28-26/h12,16,18-21,23-24H,3-11,13-14H2,1-2H3/t16?,18?,19?,20?,21?,23?,24?,25?,26-/m0/s1. The summed E-state index contributed by atoms with van der Waals surface area (Å²) in [6, 6.07) is 0. The molecule has 0 aromatic carbocycles. The third-order valence-electron chi connectivity index (χ3n) is 10.6. The molecule has 0 N–H and O–H groups in total. The van der Waals surface area contributed by atoms with Gasteiger partial charge in [0.1, 0.15) is 5.60 Å². The van der Waals surface area contributed by atoms with Crippen LogP contribution >= 0.6 is 0 Å². The van der Waals surface area contributed by atoms with Crippen LogP contribution in [0.15, 0.2) is 23.8 Å². The zero-order chi connectivity index (χ0) is 19.3. The zero-order valence-corrected chi connectivity index (χ0v) is 17.7. The van der Waals surface area contributed by atoms with Crippen molar-refractivity contribution in [3.63, 3.8) is 0 Å². The molecule has 0 aromatic rings. The molecule has 0 aromatic heterocycles. The molecular weight excluding hydrogens is 344 g/mol. The van der Waals surface area contributed by atoms with E-state index in [1.165, 1.54) is 56.9 Å². The second-order valence-corrected chi connectivity index (χ2v) is 11.1. The molecule has 0 amide bonds. The smallest absolute Gasteiger partial charge is 0.306 e. The molecule has 4 saturated carbocycles. The Bertz CT molecular complexity index is 764. The maximum absolute atomic E-state index is 12.3. The maximum atomic E-state index is 12.3. The molecule has 2 heteroatoms. The molecule has 9 atom stereocenters. The van der Waals surface area contributed by atoms with Crippen molar-refractivity contribution in [2.75, 3.05) is 0 Å². The molecular formula is C26H36O2. The van der Waals surface area contributed by atoms with Crippen LogP contribution in [0.5, 0.6) is 0 Å². The molecule has 1 aliphatic heterocycles. The van der Waals surface area contributed by atoms with Gasteiger partial charge in [0.25, 0.3) is 0 Å². The SMILES string of the molecule is C=C1C=C2CC(CC)C3C(CCC4(CC)C3C3CC3[C@@]43CCC(=O)O3)C2CC1. The van der Waals surface area contributed by atoms with E-state index in [-0.39, 0.29) is 17.0 Å². The Morgan fingerprint density at radius 1 is 1.18 bits per heavy atom. The molecule has 152 valence electrons. The number of allylic oxidation sites excluding steroid dienone is 3. The summed E-state index contributed by atoms with van der Waals surface area (Å²) >= 11 is 0. The Balaban J connectivity index is 1.43. The van der Waals surface area contributed by atoms with Crippen molar-refractivity contribution in [2.24, 2.45) is 46.8 Å². The fraction of sp³-hybridized carbons (Fsp3) is 0.808. The van der Waals surface area contributed by atoms with Crippen LogP contribution in [0.3, 0.4) is 0 Å². The van der Waals surface area contributed by atoms with Gasteiger partial charge in [-0.05, 0) is 86.9 Å². The molecule has 8 unspecified atom stereocenters. The van der Waals surface area contributed by atoms with Crippen molar-refractivity contribution in [1.29, 1.82) is 0 Å². The van der Waals surface area contributed by atoms with E-state index < -0.39 is 0 Å². The summed E-state index contributed by atoms with van der Waals surface area (Å²) in [5.74, 6) is 5.80. The number of hydrogen-bond acceptors (Lipinski definition) is 2. The van der Waals surface area contributed by atoms with Crippen LogP contribution in [-0.4, -0.2) is 11.6 Å². The van der Waals surface area contributed by atoms with Gasteiger partial charge in [-0.25, -0.2) is 0 Å². The van der Waals surface area contributed by atoms with Crippen LogP contribution in [0, 0.1) is 46.8 Å². The molecule has 28 heavy (non-hydrogen) atoms. The first-order valence-electron chi connectivity index (χ1n) is 12.1. The van der Waals surface area contributed by atoms with Gasteiger partial charge in [-0.15, -0.1) is 0 Å². The first kappa shape index (κ1) is 17.8. The number of fused-ring (bicyclic) bond motifs is 9. The number of rotatable bonds is 2. The van der Waals surface area contributed by atoms with E-state index in [1.54, 1.807) is 5.57 Å². The Hall–Kier alpha value is -1.05. The Morgan fingerprint density at radius 2 is 2.04 bits per heavy atom. The third-order valence-corrected chi connectivity index (χ3v) is 10.6. The van der Waals surface area contributed by atoms with E-state index in [4.69, 9.17) is 4.74 Å². The van der Waals surface area contributed by atoms with Gasteiger partial charge in [-0.2, -0.15) is 0 Å². The summed E-state index contributed by atoms with van der Waals surface area (Å²) in [6.45, 7) is 9.12. The average Bonchev–Trinajstić information content (AvgIpc) is 3.34. The summed E-state index contributed by atoms with van der Waals surface area (Å²) in [5, 5.41) is 0. The van der Waals surface area contributed by atoms with E-state index in [1.807, 2.05) is 0 Å². The minimum Gasteiger partial charge on any atom is -0.458 e. The van der Waals surface area contributed by atoms with Gasteiger partial charge in [0.2, 0.25) is 0 Å². The van der Waals surface area contributed by atoms with Crippen LogP contribution in [0.1, 0.15) is 78.1 Å². The van der Waals surface area contributed by atoms with Crippen LogP contribution < -0.4 is 0 Å². The zero-order valence-electron chi connectivity index (χ0n) is 17.7. The lowest BCUT2D eigenvalue weighted by Gasteiger charge is -2.60. The van der Waals surface area contributed by atoms with Gasteiger partial charge >= 0.3 is 5.97 Å². The van der Waals surface area contributed by atoms with E-state index in [0.717, 1.165) is 41.9 Å². The van der Waals surface area contributed by atoms with Crippen molar-refractivity contribution >= 4 is 5.97 Å². The maximum Gasteiger partial charge on any atom is 0.306 e. The third kappa shape index (κ3) is 1.98. The number of hydrogen-bond donors (Lipinski definition) is 0. The normalized spacial score (nSPS) is 53.8. The lowest BCUT2D eigenvalue weighted by Crippen LogP contribution is -2.57. The van der Waals surface area contributed by atoms with E-state index in [2.05, 4.69) is 26.5 Å². The van der Waals surface area contributed by atoms with Gasteiger partial charge in [0.05, 0.1) is 0 Å². The molecule has 1 heterocycles. The number of esters is 1. The average molecular weight is 381 g/mol. The van der Waals surface area contributed by atoms with Gasteiger partial charge in [-0.3, -0.25) is 4.79 Å². The first-order chi connectivity index (χ1) is 13.5. The summed E-state index contributed by atoms with van der Waals surface area (Å²) < 4.78 is 6.33. The van der Waals surface area contributed by atoms with Crippen molar-refractivity contribution in [2.45, 2.75) is 83.7 Å². The highest BCUT2D eigenvalue weighted by Gasteiger charge is 2.79. The van der Waals surface area contributed by atoms with Gasteiger partial charge in [0, 0.05) is 17.8 Å². The lowest BCUT2D eigenvalue weighted by atomic mass is 9.45. The Labute approximate surface area is 170 Å². The van der Waals surface area contributed by atoms with Crippen LogP contribution in [-0.2, 0) is 9.53 Å². The highest BCUT2D eigenvalue weighted by atomic mass is 16.6. The summed E-state index contributed by atoms with van der Waals surface area (Å²) in [7, 11) is 0. The van der Waals surface area contributed by atoms with Crippen molar-refractivity contribution < 1.29 is 9.53 Å². The van der Waals surface area contributed by atoms with Gasteiger partial charge in [0.15, 0.2) is 0 Å². The fourth-order valence-corrected chi connectivity index (χ4v) is 9.67. The molecule has 2 nitrogen and oxygen atoms in total. The summed E-state index contributed by atoms with van der Waals surface area (Å²) in [4.78, 5) is 12.3.